The van der Waals surface area contributed by atoms with Gasteiger partial charge in [0.05, 0.1) is 13.2 Å². The molecule has 0 saturated carbocycles. The number of ether oxygens (including phenoxy) is 1. The summed E-state index contributed by atoms with van der Waals surface area (Å²) in [6, 6.07) is 23.3. The number of nitrogens with one attached hydrogen (secondary N) is 1. The van der Waals surface area contributed by atoms with Crippen LogP contribution in [0.25, 0.3) is 0 Å². The molecule has 0 spiro atoms. The lowest BCUT2D eigenvalue weighted by atomic mass is 9.93. The van der Waals surface area contributed by atoms with Gasteiger partial charge in [0.2, 0.25) is 0 Å². The molecule has 1 N–H and O–H groups in total. The van der Waals surface area contributed by atoms with Gasteiger partial charge in [0.15, 0.2) is 0 Å². The van der Waals surface area contributed by atoms with E-state index in [9.17, 15) is 4.79 Å². The van der Waals surface area contributed by atoms with Gasteiger partial charge in [-0.15, -0.1) is 0 Å². The zero-order chi connectivity index (χ0) is 18.5. The van der Waals surface area contributed by atoms with E-state index in [1.807, 2.05) is 30.3 Å². The number of amides is 1. The maximum atomic E-state index is 12.8. The molecule has 0 heterocycles. The maximum absolute atomic E-state index is 12.8. The first-order valence-corrected chi connectivity index (χ1v) is 8.65. The molecule has 132 valence electrons. The monoisotopic (exact) mass is 345 g/mol. The second-order valence-electron chi connectivity index (χ2n) is 6.41. The topological polar surface area (TPSA) is 38.3 Å². The van der Waals surface area contributed by atoms with Crippen molar-refractivity contribution in [3.63, 3.8) is 0 Å². The zero-order valence-corrected chi connectivity index (χ0v) is 15.3. The van der Waals surface area contributed by atoms with Crippen molar-refractivity contribution in [2.45, 2.75) is 19.9 Å². The van der Waals surface area contributed by atoms with Gasteiger partial charge in [-0.05, 0) is 54.8 Å². The van der Waals surface area contributed by atoms with Crippen LogP contribution < -0.4 is 10.1 Å². The van der Waals surface area contributed by atoms with E-state index in [0.717, 1.165) is 22.4 Å². The highest BCUT2D eigenvalue weighted by Gasteiger charge is 2.19. The second kappa shape index (κ2) is 7.87. The summed E-state index contributed by atoms with van der Waals surface area (Å²) >= 11 is 0. The first kappa shape index (κ1) is 17.7. The fourth-order valence-corrected chi connectivity index (χ4v) is 3.01. The lowest BCUT2D eigenvalue weighted by Gasteiger charge is -2.22. The molecule has 3 nitrogen and oxygen atoms in total. The molecule has 3 aromatic carbocycles. The average Bonchev–Trinajstić information content (AvgIpc) is 2.68. The Morgan fingerprint density at radius 1 is 0.923 bits per heavy atom. The molecular formula is C23H23NO2. The van der Waals surface area contributed by atoms with Gasteiger partial charge in [-0.1, -0.05) is 54.1 Å². The standard InChI is InChI=1S/C23H23NO2/c1-16-9-10-17(2)21(15-16)22(18-7-5-4-6-8-18)24-23(25)19-11-13-20(26-3)14-12-19/h4-15,22H,1-3H3,(H,24,25)/t22-/m1/s1. The van der Waals surface area contributed by atoms with Crippen molar-refractivity contribution in [2.75, 3.05) is 7.11 Å². The molecule has 0 fully saturated rings. The largest absolute Gasteiger partial charge is 0.497 e. The minimum Gasteiger partial charge on any atom is -0.497 e. The van der Waals surface area contributed by atoms with Crippen molar-refractivity contribution >= 4 is 5.91 Å². The van der Waals surface area contributed by atoms with Crippen LogP contribution in [0.5, 0.6) is 5.75 Å². The van der Waals surface area contributed by atoms with Crippen LogP contribution in [0.2, 0.25) is 0 Å². The number of hydrogen-bond acceptors (Lipinski definition) is 2. The van der Waals surface area contributed by atoms with Crippen LogP contribution in [-0.2, 0) is 0 Å². The van der Waals surface area contributed by atoms with Crippen molar-refractivity contribution in [3.8, 4) is 5.75 Å². The molecule has 26 heavy (non-hydrogen) atoms. The minimum absolute atomic E-state index is 0.109. The molecule has 1 amide bonds. The highest BCUT2D eigenvalue weighted by Crippen LogP contribution is 2.26. The van der Waals surface area contributed by atoms with Crippen LogP contribution in [0.15, 0.2) is 72.8 Å². The average molecular weight is 345 g/mol. The number of rotatable bonds is 5. The predicted molar refractivity (Wildman–Crippen MR) is 105 cm³/mol. The summed E-state index contributed by atoms with van der Waals surface area (Å²) in [5, 5.41) is 3.19. The summed E-state index contributed by atoms with van der Waals surface area (Å²) in [5.74, 6) is 0.623. The van der Waals surface area contributed by atoms with Crippen LogP contribution in [-0.4, -0.2) is 13.0 Å². The van der Waals surface area contributed by atoms with Gasteiger partial charge in [0, 0.05) is 5.56 Å². The fourth-order valence-electron chi connectivity index (χ4n) is 3.01. The Hall–Kier alpha value is -3.07. The lowest BCUT2D eigenvalue weighted by molar-refractivity contribution is 0.0943. The van der Waals surface area contributed by atoms with Crippen molar-refractivity contribution in [3.05, 3.63) is 101 Å². The Bertz CT molecular complexity index is 886. The van der Waals surface area contributed by atoms with Crippen molar-refractivity contribution in [1.29, 1.82) is 0 Å². The second-order valence-corrected chi connectivity index (χ2v) is 6.41. The SMILES string of the molecule is COc1ccc(C(=O)N[C@H](c2ccccc2)c2cc(C)ccc2C)cc1. The highest BCUT2D eigenvalue weighted by molar-refractivity contribution is 5.94. The first-order valence-electron chi connectivity index (χ1n) is 8.65. The molecular weight excluding hydrogens is 322 g/mol. The maximum Gasteiger partial charge on any atom is 0.252 e. The number of carbonyl (C=O) groups is 1. The number of methoxy groups -OCH3 is 1. The highest BCUT2D eigenvalue weighted by atomic mass is 16.5. The summed E-state index contributed by atoms with van der Waals surface area (Å²) in [4.78, 5) is 12.8. The first-order chi connectivity index (χ1) is 12.6. The Kier molecular flexibility index (Phi) is 5.37. The molecule has 3 rings (SSSR count). The van der Waals surface area contributed by atoms with Crippen LogP contribution in [0.4, 0.5) is 0 Å². The Morgan fingerprint density at radius 3 is 2.27 bits per heavy atom. The van der Waals surface area contributed by atoms with Gasteiger partial charge in [-0.25, -0.2) is 0 Å². The van der Waals surface area contributed by atoms with Crippen LogP contribution in [0.1, 0.15) is 38.7 Å². The molecule has 0 unspecified atom stereocenters. The van der Waals surface area contributed by atoms with Gasteiger partial charge >= 0.3 is 0 Å². The predicted octanol–water partition coefficient (Wildman–Crippen LogP) is 4.83. The Balaban J connectivity index is 1.95. The summed E-state index contributed by atoms with van der Waals surface area (Å²) in [7, 11) is 1.61. The van der Waals surface area contributed by atoms with E-state index in [2.05, 4.69) is 37.4 Å². The molecule has 0 aliphatic heterocycles. The van der Waals surface area contributed by atoms with Gasteiger partial charge in [-0.3, -0.25) is 4.79 Å². The van der Waals surface area contributed by atoms with Crippen LogP contribution in [0, 0.1) is 13.8 Å². The lowest BCUT2D eigenvalue weighted by Crippen LogP contribution is -2.29. The summed E-state index contributed by atoms with van der Waals surface area (Å²) in [5.41, 5.74) is 5.10. The van der Waals surface area contributed by atoms with E-state index < -0.39 is 0 Å². The van der Waals surface area contributed by atoms with Crippen molar-refractivity contribution in [2.24, 2.45) is 0 Å². The molecule has 3 heteroatoms. The van der Waals surface area contributed by atoms with E-state index in [1.54, 1.807) is 31.4 Å². The molecule has 3 aromatic rings. The fraction of sp³-hybridized carbons (Fsp3) is 0.174. The molecule has 0 saturated heterocycles. The number of hydrogen-bond donors (Lipinski definition) is 1. The molecule has 0 bridgehead atoms. The zero-order valence-electron chi connectivity index (χ0n) is 15.3. The summed E-state index contributed by atoms with van der Waals surface area (Å²) in [6.45, 7) is 4.14. The Morgan fingerprint density at radius 2 is 1.62 bits per heavy atom. The summed E-state index contributed by atoms with van der Waals surface area (Å²) < 4.78 is 5.17. The van der Waals surface area contributed by atoms with Gasteiger partial charge in [0.1, 0.15) is 5.75 Å². The quantitative estimate of drug-likeness (QED) is 0.719. The van der Waals surface area contributed by atoms with Crippen molar-refractivity contribution in [1.82, 2.24) is 5.32 Å². The van der Waals surface area contributed by atoms with Gasteiger partial charge in [0.25, 0.3) is 5.91 Å². The minimum atomic E-state index is -0.203. The van der Waals surface area contributed by atoms with E-state index >= 15 is 0 Å². The normalized spacial score (nSPS) is 11.7. The van der Waals surface area contributed by atoms with Crippen molar-refractivity contribution < 1.29 is 9.53 Å². The third-order valence-corrected chi connectivity index (χ3v) is 4.51. The van der Waals surface area contributed by atoms with Gasteiger partial charge in [-0.2, -0.15) is 0 Å². The smallest absolute Gasteiger partial charge is 0.252 e. The van der Waals surface area contributed by atoms with E-state index in [-0.39, 0.29) is 11.9 Å². The number of benzene rings is 3. The Labute approximate surface area is 154 Å². The van der Waals surface area contributed by atoms with Gasteiger partial charge < -0.3 is 10.1 Å². The third-order valence-electron chi connectivity index (χ3n) is 4.51. The number of carbonyl (C=O) groups excluding carboxylic acids is 1. The molecule has 0 aromatic heterocycles. The number of aryl methyl sites for hydroxylation is 2. The third kappa shape index (κ3) is 3.94. The molecule has 0 aliphatic carbocycles. The van der Waals surface area contributed by atoms with E-state index in [0.29, 0.717) is 5.56 Å². The van der Waals surface area contributed by atoms with E-state index in [1.165, 1.54) is 5.56 Å². The summed E-state index contributed by atoms with van der Waals surface area (Å²) in [6.07, 6.45) is 0. The molecule has 1 atom stereocenters. The van der Waals surface area contributed by atoms with E-state index in [4.69, 9.17) is 4.74 Å². The van der Waals surface area contributed by atoms with Crippen LogP contribution in [0.3, 0.4) is 0 Å². The van der Waals surface area contributed by atoms with Crippen LogP contribution >= 0.6 is 0 Å². The molecule has 0 aliphatic rings. The molecule has 0 radical (unpaired) electrons.